The Labute approximate surface area is 164 Å². The number of carbonyl (C=O) groups is 2. The lowest BCUT2D eigenvalue weighted by atomic mass is 9.99. The number of nitrogens with one attached hydrogen (secondary N) is 1. The predicted octanol–water partition coefficient (Wildman–Crippen LogP) is 4.05. The molecule has 0 radical (unpaired) electrons. The molecule has 1 amide bonds. The van der Waals surface area contributed by atoms with E-state index in [9.17, 15) is 14.7 Å². The molecule has 28 heavy (non-hydrogen) atoms. The number of nitrogens with zero attached hydrogens (tertiary/aromatic N) is 2. The Balaban J connectivity index is 1.91. The molecule has 0 saturated heterocycles. The van der Waals surface area contributed by atoms with Crippen LogP contribution in [0.2, 0.25) is 0 Å². The third-order valence-corrected chi connectivity index (χ3v) is 4.75. The summed E-state index contributed by atoms with van der Waals surface area (Å²) in [6, 6.07) is 12.9. The summed E-state index contributed by atoms with van der Waals surface area (Å²) in [5.74, 6) is -1.30. The minimum atomic E-state index is -0.972. The van der Waals surface area contributed by atoms with E-state index in [1.807, 2.05) is 70.2 Å². The maximum absolute atomic E-state index is 12.9. The molecule has 6 nitrogen and oxygen atoms in total. The molecule has 0 unspecified atom stereocenters. The van der Waals surface area contributed by atoms with Crippen LogP contribution in [0.5, 0.6) is 0 Å². The average molecular weight is 379 g/mol. The fourth-order valence-corrected chi connectivity index (χ4v) is 3.40. The SMILES string of the molecule is Cc1c(C(=O)N[C@@H](CC(=O)O)c2ccc3ccccc3c2)cnn1C(C)(C)C. The van der Waals surface area contributed by atoms with Crippen molar-refractivity contribution in [1.29, 1.82) is 0 Å². The Morgan fingerprint density at radius 2 is 1.82 bits per heavy atom. The number of rotatable bonds is 5. The van der Waals surface area contributed by atoms with Gasteiger partial charge in [0.15, 0.2) is 0 Å². The van der Waals surface area contributed by atoms with Crippen LogP contribution >= 0.6 is 0 Å². The van der Waals surface area contributed by atoms with Gasteiger partial charge in [-0.15, -0.1) is 0 Å². The van der Waals surface area contributed by atoms with E-state index in [0.717, 1.165) is 22.0 Å². The number of carbonyl (C=O) groups excluding carboxylic acids is 1. The van der Waals surface area contributed by atoms with Gasteiger partial charge in [-0.3, -0.25) is 14.3 Å². The Morgan fingerprint density at radius 3 is 2.43 bits per heavy atom. The van der Waals surface area contributed by atoms with E-state index in [2.05, 4.69) is 10.4 Å². The van der Waals surface area contributed by atoms with Gasteiger partial charge in [-0.1, -0.05) is 36.4 Å². The van der Waals surface area contributed by atoms with Crippen molar-refractivity contribution in [3.8, 4) is 0 Å². The number of carboxylic acid groups (broad SMARTS) is 1. The average Bonchev–Trinajstić information content (AvgIpc) is 3.02. The van der Waals surface area contributed by atoms with Crippen molar-refractivity contribution in [2.24, 2.45) is 0 Å². The Hall–Kier alpha value is -3.15. The molecule has 1 atom stereocenters. The Kier molecular flexibility index (Phi) is 5.23. The van der Waals surface area contributed by atoms with Crippen molar-refractivity contribution in [1.82, 2.24) is 15.1 Å². The van der Waals surface area contributed by atoms with E-state index in [4.69, 9.17) is 0 Å². The van der Waals surface area contributed by atoms with E-state index in [1.54, 1.807) is 4.68 Å². The number of hydrogen-bond acceptors (Lipinski definition) is 3. The zero-order valence-corrected chi connectivity index (χ0v) is 16.6. The summed E-state index contributed by atoms with van der Waals surface area (Å²) < 4.78 is 1.80. The standard InChI is InChI=1S/C22H25N3O3/c1-14-18(13-23-25(14)22(2,3)4)21(28)24-19(12-20(26)27)17-10-9-15-7-5-6-8-16(15)11-17/h5-11,13,19H,12H2,1-4H3,(H,24,28)(H,26,27)/t19-/m0/s1. The van der Waals surface area contributed by atoms with Gasteiger partial charge in [0.05, 0.1) is 29.8 Å². The van der Waals surface area contributed by atoms with Crippen molar-refractivity contribution in [3.05, 3.63) is 65.5 Å². The first-order chi connectivity index (χ1) is 13.2. The van der Waals surface area contributed by atoms with Gasteiger partial charge in [0.2, 0.25) is 0 Å². The Bertz CT molecular complexity index is 1030. The summed E-state index contributed by atoms with van der Waals surface area (Å²) in [6.45, 7) is 7.88. The molecule has 3 rings (SSSR count). The van der Waals surface area contributed by atoms with E-state index < -0.39 is 12.0 Å². The number of carboxylic acids is 1. The van der Waals surface area contributed by atoms with Crippen LogP contribution in [-0.2, 0) is 10.3 Å². The minimum Gasteiger partial charge on any atom is -0.481 e. The molecule has 0 aliphatic heterocycles. The maximum atomic E-state index is 12.9. The molecule has 3 aromatic rings. The molecule has 0 saturated carbocycles. The van der Waals surface area contributed by atoms with Crippen LogP contribution in [0, 0.1) is 6.92 Å². The first-order valence-electron chi connectivity index (χ1n) is 9.23. The number of aliphatic carboxylic acids is 1. The molecular formula is C22H25N3O3. The van der Waals surface area contributed by atoms with Gasteiger partial charge >= 0.3 is 5.97 Å². The lowest BCUT2D eigenvalue weighted by Gasteiger charge is -2.22. The van der Waals surface area contributed by atoms with Crippen molar-refractivity contribution in [2.45, 2.75) is 45.7 Å². The summed E-state index contributed by atoms with van der Waals surface area (Å²) in [6.07, 6.45) is 1.34. The molecule has 0 aliphatic carbocycles. The van der Waals surface area contributed by atoms with Crippen LogP contribution in [0.3, 0.4) is 0 Å². The van der Waals surface area contributed by atoms with Gasteiger partial charge < -0.3 is 10.4 Å². The minimum absolute atomic E-state index is 0.198. The molecule has 146 valence electrons. The highest BCUT2D eigenvalue weighted by molar-refractivity contribution is 5.95. The molecular weight excluding hydrogens is 354 g/mol. The number of aromatic nitrogens is 2. The van der Waals surface area contributed by atoms with Crippen LogP contribution in [0.25, 0.3) is 10.8 Å². The Morgan fingerprint density at radius 1 is 1.14 bits per heavy atom. The van der Waals surface area contributed by atoms with Gasteiger partial charge in [-0.2, -0.15) is 5.10 Å². The second-order valence-electron chi connectivity index (χ2n) is 7.96. The molecule has 1 heterocycles. The second-order valence-corrected chi connectivity index (χ2v) is 7.96. The summed E-state index contributed by atoms with van der Waals surface area (Å²) in [5.41, 5.74) is 1.71. The summed E-state index contributed by atoms with van der Waals surface area (Å²) in [7, 11) is 0. The first kappa shape index (κ1) is 19.6. The van der Waals surface area contributed by atoms with Crippen LogP contribution in [0.1, 0.15) is 54.8 Å². The lowest BCUT2D eigenvalue weighted by Crippen LogP contribution is -2.31. The predicted molar refractivity (Wildman–Crippen MR) is 108 cm³/mol. The topological polar surface area (TPSA) is 84.2 Å². The number of benzene rings is 2. The highest BCUT2D eigenvalue weighted by Crippen LogP contribution is 2.24. The molecule has 1 aromatic heterocycles. The fourth-order valence-electron chi connectivity index (χ4n) is 3.40. The van der Waals surface area contributed by atoms with Gasteiger partial charge in [-0.25, -0.2) is 0 Å². The normalized spacial score (nSPS) is 12.7. The third-order valence-electron chi connectivity index (χ3n) is 4.75. The monoisotopic (exact) mass is 379 g/mol. The zero-order valence-electron chi connectivity index (χ0n) is 16.6. The molecule has 0 bridgehead atoms. The molecule has 0 aliphatic rings. The van der Waals surface area contributed by atoms with E-state index in [0.29, 0.717) is 5.56 Å². The molecule has 0 spiro atoms. The van der Waals surface area contributed by atoms with E-state index >= 15 is 0 Å². The van der Waals surface area contributed by atoms with Gasteiger partial charge in [0.25, 0.3) is 5.91 Å². The smallest absolute Gasteiger partial charge is 0.305 e. The van der Waals surface area contributed by atoms with Crippen molar-refractivity contribution < 1.29 is 14.7 Å². The van der Waals surface area contributed by atoms with Crippen LogP contribution < -0.4 is 5.32 Å². The summed E-state index contributed by atoms with van der Waals surface area (Å²) >= 11 is 0. The van der Waals surface area contributed by atoms with Gasteiger partial charge in [0, 0.05) is 5.69 Å². The van der Waals surface area contributed by atoms with Gasteiger partial charge in [0.1, 0.15) is 0 Å². The first-order valence-corrected chi connectivity index (χ1v) is 9.23. The van der Waals surface area contributed by atoms with E-state index in [1.165, 1.54) is 6.20 Å². The lowest BCUT2D eigenvalue weighted by molar-refractivity contribution is -0.137. The summed E-state index contributed by atoms with van der Waals surface area (Å²) in [5, 5.41) is 18.6. The summed E-state index contributed by atoms with van der Waals surface area (Å²) in [4.78, 5) is 24.3. The molecule has 2 aromatic carbocycles. The van der Waals surface area contributed by atoms with E-state index in [-0.39, 0.29) is 17.9 Å². The van der Waals surface area contributed by atoms with Crippen LogP contribution in [0.15, 0.2) is 48.7 Å². The highest BCUT2D eigenvalue weighted by Gasteiger charge is 2.24. The van der Waals surface area contributed by atoms with Crippen molar-refractivity contribution >= 4 is 22.6 Å². The quantitative estimate of drug-likeness (QED) is 0.700. The third kappa shape index (κ3) is 4.06. The number of hydrogen-bond donors (Lipinski definition) is 2. The second kappa shape index (κ2) is 7.46. The molecule has 0 fully saturated rings. The molecule has 2 N–H and O–H groups in total. The van der Waals surface area contributed by atoms with Crippen molar-refractivity contribution in [3.63, 3.8) is 0 Å². The number of fused-ring (bicyclic) bond motifs is 1. The fraction of sp³-hybridized carbons (Fsp3) is 0.318. The highest BCUT2D eigenvalue weighted by atomic mass is 16.4. The zero-order chi connectivity index (χ0) is 20.5. The van der Waals surface area contributed by atoms with Gasteiger partial charge in [-0.05, 0) is 50.1 Å². The largest absolute Gasteiger partial charge is 0.481 e. The van der Waals surface area contributed by atoms with Crippen LogP contribution in [-0.4, -0.2) is 26.8 Å². The molecule has 6 heteroatoms. The number of amides is 1. The van der Waals surface area contributed by atoms with Crippen LogP contribution in [0.4, 0.5) is 0 Å². The van der Waals surface area contributed by atoms with Crippen molar-refractivity contribution in [2.75, 3.05) is 0 Å². The maximum Gasteiger partial charge on any atom is 0.305 e.